The van der Waals surface area contributed by atoms with E-state index in [9.17, 15) is 9.18 Å². The first-order valence-corrected chi connectivity index (χ1v) is 8.37. The Bertz CT molecular complexity index is 720. The number of carbonyl (C=O) groups excluding carboxylic acids is 1. The zero-order chi connectivity index (χ0) is 17.1. The zero-order valence-electron chi connectivity index (χ0n) is 14.2. The van der Waals surface area contributed by atoms with Crippen LogP contribution in [-0.2, 0) is 13.1 Å². The smallest absolute Gasteiger partial charge is 0.257 e. The molecule has 1 aromatic carbocycles. The van der Waals surface area contributed by atoms with Crippen LogP contribution in [0, 0.1) is 12.7 Å². The second-order valence-electron chi connectivity index (χ2n) is 6.14. The van der Waals surface area contributed by atoms with Crippen LogP contribution >= 0.6 is 0 Å². The maximum atomic E-state index is 13.8. The van der Waals surface area contributed by atoms with E-state index in [1.165, 1.54) is 6.07 Å². The van der Waals surface area contributed by atoms with Crippen molar-refractivity contribution in [3.8, 4) is 0 Å². The van der Waals surface area contributed by atoms with Crippen molar-refractivity contribution in [1.29, 1.82) is 0 Å². The summed E-state index contributed by atoms with van der Waals surface area (Å²) < 4.78 is 15.5. The minimum atomic E-state index is -0.168. The maximum absolute atomic E-state index is 13.8. The van der Waals surface area contributed by atoms with Gasteiger partial charge in [-0.1, -0.05) is 18.2 Å². The summed E-state index contributed by atoms with van der Waals surface area (Å²) in [6.45, 7) is 8.03. The highest BCUT2D eigenvalue weighted by molar-refractivity contribution is 5.95. The van der Waals surface area contributed by atoms with Crippen molar-refractivity contribution in [1.82, 2.24) is 19.6 Å². The molecule has 1 aliphatic rings. The number of hydrogen-bond donors (Lipinski definition) is 0. The Balaban J connectivity index is 1.59. The van der Waals surface area contributed by atoms with Gasteiger partial charge in [-0.3, -0.25) is 14.4 Å². The highest BCUT2D eigenvalue weighted by Crippen LogP contribution is 2.15. The molecule has 5 nitrogen and oxygen atoms in total. The second kappa shape index (κ2) is 7.13. The predicted molar refractivity (Wildman–Crippen MR) is 90.2 cm³/mol. The molecule has 3 rings (SSSR count). The highest BCUT2D eigenvalue weighted by Gasteiger charge is 2.24. The van der Waals surface area contributed by atoms with E-state index in [0.29, 0.717) is 30.8 Å². The van der Waals surface area contributed by atoms with Crippen molar-refractivity contribution >= 4 is 5.91 Å². The first-order valence-electron chi connectivity index (χ1n) is 8.37. The topological polar surface area (TPSA) is 41.4 Å². The molecule has 2 heterocycles. The van der Waals surface area contributed by atoms with Gasteiger partial charge < -0.3 is 4.90 Å². The van der Waals surface area contributed by atoms with E-state index in [4.69, 9.17) is 0 Å². The average molecular weight is 330 g/mol. The third-order valence-corrected chi connectivity index (χ3v) is 4.51. The number of amides is 1. The number of halogens is 1. The lowest BCUT2D eigenvalue weighted by atomic mass is 10.1. The number of benzene rings is 1. The average Bonchev–Trinajstić information content (AvgIpc) is 2.98. The Morgan fingerprint density at radius 2 is 1.92 bits per heavy atom. The molecule has 0 N–H and O–H groups in total. The fourth-order valence-corrected chi connectivity index (χ4v) is 3.04. The van der Waals surface area contributed by atoms with Crippen LogP contribution < -0.4 is 0 Å². The lowest BCUT2D eigenvalue weighted by molar-refractivity contribution is 0.0626. The summed E-state index contributed by atoms with van der Waals surface area (Å²) >= 11 is 0. The number of aromatic nitrogens is 2. The Hall–Kier alpha value is -2.21. The monoisotopic (exact) mass is 330 g/mol. The van der Waals surface area contributed by atoms with Crippen LogP contribution in [0.5, 0.6) is 0 Å². The normalized spacial score (nSPS) is 15.7. The molecule has 0 saturated carbocycles. The van der Waals surface area contributed by atoms with Crippen molar-refractivity contribution in [2.24, 2.45) is 0 Å². The van der Waals surface area contributed by atoms with Crippen LogP contribution in [0.15, 0.2) is 30.5 Å². The summed E-state index contributed by atoms with van der Waals surface area (Å²) in [4.78, 5) is 16.7. The number of rotatable bonds is 4. The molecule has 128 valence electrons. The van der Waals surface area contributed by atoms with E-state index in [0.717, 1.165) is 25.3 Å². The number of aryl methyl sites for hydroxylation is 2. The molecule has 2 aromatic rings. The molecule has 1 aliphatic heterocycles. The molecule has 1 saturated heterocycles. The van der Waals surface area contributed by atoms with Crippen molar-refractivity contribution in [2.75, 3.05) is 26.2 Å². The fourth-order valence-electron chi connectivity index (χ4n) is 3.04. The van der Waals surface area contributed by atoms with E-state index in [1.54, 1.807) is 10.7 Å². The molecule has 0 radical (unpaired) electrons. The molecule has 0 bridgehead atoms. The Morgan fingerprint density at radius 1 is 1.21 bits per heavy atom. The first-order chi connectivity index (χ1) is 11.6. The van der Waals surface area contributed by atoms with Gasteiger partial charge in [0.15, 0.2) is 0 Å². The quantitative estimate of drug-likeness (QED) is 0.864. The molecule has 24 heavy (non-hydrogen) atoms. The van der Waals surface area contributed by atoms with Crippen molar-refractivity contribution in [3.63, 3.8) is 0 Å². The maximum Gasteiger partial charge on any atom is 0.257 e. The third-order valence-electron chi connectivity index (χ3n) is 4.51. The molecule has 6 heteroatoms. The van der Waals surface area contributed by atoms with Gasteiger partial charge in [-0.15, -0.1) is 0 Å². The molecule has 0 aliphatic carbocycles. The molecule has 0 atom stereocenters. The van der Waals surface area contributed by atoms with Gasteiger partial charge in [0.1, 0.15) is 5.82 Å². The fraction of sp³-hybridized carbons (Fsp3) is 0.444. The predicted octanol–water partition coefficient (Wildman–Crippen LogP) is 2.31. The van der Waals surface area contributed by atoms with Gasteiger partial charge in [-0.2, -0.15) is 5.10 Å². The van der Waals surface area contributed by atoms with Crippen molar-refractivity contribution in [2.45, 2.75) is 26.9 Å². The Morgan fingerprint density at radius 3 is 2.54 bits per heavy atom. The zero-order valence-corrected chi connectivity index (χ0v) is 14.2. The highest BCUT2D eigenvalue weighted by atomic mass is 19.1. The van der Waals surface area contributed by atoms with Crippen LogP contribution in [0.25, 0.3) is 0 Å². The van der Waals surface area contributed by atoms with Gasteiger partial charge in [-0.25, -0.2) is 4.39 Å². The largest absolute Gasteiger partial charge is 0.336 e. The molecule has 1 aromatic heterocycles. The minimum Gasteiger partial charge on any atom is -0.336 e. The number of nitrogens with zero attached hydrogens (tertiary/aromatic N) is 4. The number of hydrogen-bond acceptors (Lipinski definition) is 3. The van der Waals surface area contributed by atoms with Gasteiger partial charge in [0.05, 0.1) is 11.3 Å². The van der Waals surface area contributed by atoms with Crippen LogP contribution in [0.3, 0.4) is 0 Å². The summed E-state index contributed by atoms with van der Waals surface area (Å²) in [7, 11) is 0. The van der Waals surface area contributed by atoms with Crippen LogP contribution in [0.4, 0.5) is 4.39 Å². The van der Waals surface area contributed by atoms with E-state index >= 15 is 0 Å². The summed E-state index contributed by atoms with van der Waals surface area (Å²) in [6.07, 6.45) is 1.82. The Kier molecular flexibility index (Phi) is 4.94. The van der Waals surface area contributed by atoms with E-state index in [2.05, 4.69) is 10.00 Å². The summed E-state index contributed by atoms with van der Waals surface area (Å²) in [6, 6.07) is 6.86. The minimum absolute atomic E-state index is 0.0396. The number of piperazine rings is 1. The molecule has 0 spiro atoms. The van der Waals surface area contributed by atoms with Crippen molar-refractivity contribution in [3.05, 3.63) is 53.1 Å². The van der Waals surface area contributed by atoms with E-state index in [-0.39, 0.29) is 11.7 Å². The lowest BCUT2D eigenvalue weighted by Crippen LogP contribution is -2.48. The molecule has 0 unspecified atom stereocenters. The van der Waals surface area contributed by atoms with Gasteiger partial charge in [0.2, 0.25) is 0 Å². The third kappa shape index (κ3) is 3.48. The summed E-state index contributed by atoms with van der Waals surface area (Å²) in [5.74, 6) is -0.128. The van der Waals surface area contributed by atoms with E-state index in [1.807, 2.05) is 37.1 Å². The lowest BCUT2D eigenvalue weighted by Gasteiger charge is -2.34. The SMILES string of the molecule is CCn1cc(C(=O)N2CCN(Cc3ccccc3F)CC2)c(C)n1. The van der Waals surface area contributed by atoms with Gasteiger partial charge in [0.25, 0.3) is 5.91 Å². The first kappa shape index (κ1) is 16.6. The standard InChI is InChI=1S/C18H23FN4O/c1-3-23-13-16(14(2)20-23)18(24)22-10-8-21(9-11-22)12-15-6-4-5-7-17(15)19/h4-7,13H,3,8-12H2,1-2H3. The van der Waals surface area contributed by atoms with Crippen LogP contribution in [0.2, 0.25) is 0 Å². The van der Waals surface area contributed by atoms with Gasteiger partial charge in [0, 0.05) is 51.0 Å². The molecular weight excluding hydrogens is 307 g/mol. The van der Waals surface area contributed by atoms with Crippen LogP contribution in [-0.4, -0.2) is 51.7 Å². The van der Waals surface area contributed by atoms with Crippen molar-refractivity contribution < 1.29 is 9.18 Å². The molecule has 1 fully saturated rings. The number of carbonyl (C=O) groups is 1. The molecular formula is C18H23FN4O. The second-order valence-corrected chi connectivity index (χ2v) is 6.14. The summed E-state index contributed by atoms with van der Waals surface area (Å²) in [5, 5.41) is 4.34. The van der Waals surface area contributed by atoms with Gasteiger partial charge in [-0.05, 0) is 19.9 Å². The summed E-state index contributed by atoms with van der Waals surface area (Å²) in [5.41, 5.74) is 2.16. The van der Waals surface area contributed by atoms with Gasteiger partial charge >= 0.3 is 0 Å². The van der Waals surface area contributed by atoms with Crippen LogP contribution in [0.1, 0.15) is 28.5 Å². The Labute approximate surface area is 141 Å². The molecule has 1 amide bonds. The van der Waals surface area contributed by atoms with E-state index < -0.39 is 0 Å².